The fourth-order valence-electron chi connectivity index (χ4n) is 4.07. The Morgan fingerprint density at radius 3 is 2.55 bits per heavy atom. The number of para-hydroxylation sites is 2. The lowest BCUT2D eigenvalue weighted by atomic mass is 10.1. The van der Waals surface area contributed by atoms with Gasteiger partial charge in [-0.1, -0.05) is 12.1 Å². The van der Waals surface area contributed by atoms with Crippen molar-refractivity contribution in [2.75, 3.05) is 44.3 Å². The smallest absolute Gasteiger partial charge is 0.267 e. The minimum absolute atomic E-state index is 0.0399. The standard InChI is InChI=1S/C25H26N4O4/c1-2-31-19-9-7-18(8-10-19)20-15-24(27-17-26-20)28-11-13-29(14-12-28)25(30)23-16-32-21-5-3-4-6-22(21)33-23/h3-10,15,17,23H,2,11-14,16H2,1H3. The molecule has 2 aromatic carbocycles. The highest BCUT2D eigenvalue weighted by molar-refractivity contribution is 5.82. The number of nitrogens with zero attached hydrogens (tertiary/aromatic N) is 4. The summed E-state index contributed by atoms with van der Waals surface area (Å²) in [5, 5.41) is 0. The fraction of sp³-hybridized carbons (Fsp3) is 0.320. The summed E-state index contributed by atoms with van der Waals surface area (Å²) in [5.74, 6) is 2.95. The van der Waals surface area contributed by atoms with Gasteiger partial charge < -0.3 is 24.0 Å². The molecule has 1 fully saturated rings. The van der Waals surface area contributed by atoms with Crippen LogP contribution in [0, 0.1) is 0 Å². The minimum atomic E-state index is -0.614. The van der Waals surface area contributed by atoms with E-state index in [2.05, 4.69) is 14.9 Å². The van der Waals surface area contributed by atoms with Gasteiger partial charge in [-0.3, -0.25) is 4.79 Å². The van der Waals surface area contributed by atoms with E-state index in [1.54, 1.807) is 6.33 Å². The van der Waals surface area contributed by atoms with Crippen molar-refractivity contribution >= 4 is 11.7 Å². The van der Waals surface area contributed by atoms with E-state index in [-0.39, 0.29) is 12.5 Å². The summed E-state index contributed by atoms with van der Waals surface area (Å²) in [6, 6.07) is 17.3. The van der Waals surface area contributed by atoms with Gasteiger partial charge in [0, 0.05) is 37.8 Å². The summed E-state index contributed by atoms with van der Waals surface area (Å²) < 4.78 is 17.1. The Labute approximate surface area is 192 Å². The zero-order chi connectivity index (χ0) is 22.6. The maximum absolute atomic E-state index is 13.0. The SMILES string of the molecule is CCOc1ccc(-c2cc(N3CCN(C(=O)C4COc5ccccc5O4)CC3)ncn2)cc1. The number of piperazine rings is 1. The van der Waals surface area contributed by atoms with Crippen molar-refractivity contribution in [3.05, 3.63) is 60.9 Å². The van der Waals surface area contributed by atoms with Crippen LogP contribution in [0.1, 0.15) is 6.92 Å². The predicted octanol–water partition coefficient (Wildman–Crippen LogP) is 3.03. The molecule has 1 aromatic heterocycles. The van der Waals surface area contributed by atoms with E-state index in [1.165, 1.54) is 0 Å². The van der Waals surface area contributed by atoms with Gasteiger partial charge in [0.1, 0.15) is 24.5 Å². The molecule has 0 spiro atoms. The van der Waals surface area contributed by atoms with Crippen LogP contribution in [0.4, 0.5) is 5.82 Å². The quantitative estimate of drug-likeness (QED) is 0.596. The summed E-state index contributed by atoms with van der Waals surface area (Å²) in [4.78, 5) is 25.9. The number of carbonyl (C=O) groups is 1. The lowest BCUT2D eigenvalue weighted by Crippen LogP contribution is -2.54. The molecule has 2 aliphatic heterocycles. The molecule has 1 saturated heterocycles. The number of carbonyl (C=O) groups excluding carboxylic acids is 1. The number of hydrogen-bond acceptors (Lipinski definition) is 7. The lowest BCUT2D eigenvalue weighted by molar-refractivity contribution is -0.141. The molecule has 0 radical (unpaired) electrons. The fourth-order valence-corrected chi connectivity index (χ4v) is 4.07. The monoisotopic (exact) mass is 446 g/mol. The first kappa shape index (κ1) is 21.1. The molecule has 5 rings (SSSR count). The minimum Gasteiger partial charge on any atom is -0.494 e. The molecular formula is C25H26N4O4. The third kappa shape index (κ3) is 4.55. The Balaban J connectivity index is 1.21. The van der Waals surface area contributed by atoms with Crippen molar-refractivity contribution in [3.63, 3.8) is 0 Å². The molecule has 0 aliphatic carbocycles. The van der Waals surface area contributed by atoms with E-state index < -0.39 is 6.10 Å². The van der Waals surface area contributed by atoms with E-state index in [4.69, 9.17) is 14.2 Å². The van der Waals surface area contributed by atoms with Crippen LogP contribution in [-0.4, -0.2) is 66.3 Å². The van der Waals surface area contributed by atoms with Crippen LogP contribution in [0.25, 0.3) is 11.3 Å². The second-order valence-corrected chi connectivity index (χ2v) is 7.90. The van der Waals surface area contributed by atoms with Crippen LogP contribution in [0.5, 0.6) is 17.2 Å². The van der Waals surface area contributed by atoms with Crippen molar-refractivity contribution < 1.29 is 19.0 Å². The van der Waals surface area contributed by atoms with Crippen molar-refractivity contribution in [1.29, 1.82) is 0 Å². The van der Waals surface area contributed by atoms with Gasteiger partial charge in [-0.2, -0.15) is 0 Å². The predicted molar refractivity (Wildman–Crippen MR) is 124 cm³/mol. The number of amides is 1. The molecule has 3 aromatic rings. The van der Waals surface area contributed by atoms with Crippen LogP contribution in [0.2, 0.25) is 0 Å². The number of ether oxygens (including phenoxy) is 3. The third-order valence-electron chi connectivity index (χ3n) is 5.81. The van der Waals surface area contributed by atoms with Gasteiger partial charge in [0.05, 0.1) is 12.3 Å². The Morgan fingerprint density at radius 2 is 1.79 bits per heavy atom. The van der Waals surface area contributed by atoms with Crippen molar-refractivity contribution in [1.82, 2.24) is 14.9 Å². The van der Waals surface area contributed by atoms with Crippen LogP contribution in [0.15, 0.2) is 60.9 Å². The number of fused-ring (bicyclic) bond motifs is 1. The topological polar surface area (TPSA) is 77.0 Å². The lowest BCUT2D eigenvalue weighted by Gasteiger charge is -2.37. The van der Waals surface area contributed by atoms with Crippen molar-refractivity contribution in [3.8, 4) is 28.5 Å². The van der Waals surface area contributed by atoms with E-state index in [9.17, 15) is 4.79 Å². The molecule has 1 unspecified atom stereocenters. The molecule has 0 saturated carbocycles. The van der Waals surface area contributed by atoms with E-state index >= 15 is 0 Å². The first-order valence-corrected chi connectivity index (χ1v) is 11.2. The largest absolute Gasteiger partial charge is 0.494 e. The molecule has 3 heterocycles. The summed E-state index contributed by atoms with van der Waals surface area (Å²) in [6.07, 6.45) is 0.972. The Bertz CT molecular complexity index is 1110. The summed E-state index contributed by atoms with van der Waals surface area (Å²) in [6.45, 7) is 5.41. The molecular weight excluding hydrogens is 420 g/mol. The van der Waals surface area contributed by atoms with Crippen LogP contribution >= 0.6 is 0 Å². The Morgan fingerprint density at radius 1 is 1.03 bits per heavy atom. The Kier molecular flexibility index (Phi) is 5.97. The average Bonchev–Trinajstić information content (AvgIpc) is 2.89. The van der Waals surface area contributed by atoms with Gasteiger partial charge >= 0.3 is 0 Å². The molecule has 0 bridgehead atoms. The third-order valence-corrected chi connectivity index (χ3v) is 5.81. The van der Waals surface area contributed by atoms with Gasteiger partial charge in [-0.05, 0) is 43.3 Å². The zero-order valence-corrected chi connectivity index (χ0v) is 18.5. The zero-order valence-electron chi connectivity index (χ0n) is 18.5. The molecule has 170 valence electrons. The molecule has 8 nitrogen and oxygen atoms in total. The van der Waals surface area contributed by atoms with Crippen LogP contribution in [-0.2, 0) is 4.79 Å². The molecule has 8 heteroatoms. The van der Waals surface area contributed by atoms with Gasteiger partial charge in [0.25, 0.3) is 5.91 Å². The van der Waals surface area contributed by atoms with Gasteiger partial charge in [-0.25, -0.2) is 9.97 Å². The van der Waals surface area contributed by atoms with Gasteiger partial charge in [0.15, 0.2) is 11.5 Å². The van der Waals surface area contributed by atoms with Gasteiger partial charge in [0.2, 0.25) is 6.10 Å². The van der Waals surface area contributed by atoms with Crippen LogP contribution in [0.3, 0.4) is 0 Å². The number of anilines is 1. The summed E-state index contributed by atoms with van der Waals surface area (Å²) in [5.41, 5.74) is 1.86. The van der Waals surface area contributed by atoms with E-state index in [1.807, 2.05) is 66.4 Å². The molecule has 2 aliphatic rings. The number of aromatic nitrogens is 2. The van der Waals surface area contributed by atoms with Crippen molar-refractivity contribution in [2.45, 2.75) is 13.0 Å². The number of rotatable bonds is 5. The highest BCUT2D eigenvalue weighted by Gasteiger charge is 2.32. The second kappa shape index (κ2) is 9.36. The van der Waals surface area contributed by atoms with E-state index in [0.29, 0.717) is 44.3 Å². The van der Waals surface area contributed by atoms with Crippen molar-refractivity contribution in [2.24, 2.45) is 0 Å². The highest BCUT2D eigenvalue weighted by atomic mass is 16.6. The average molecular weight is 447 g/mol. The molecule has 0 N–H and O–H groups in total. The number of hydrogen-bond donors (Lipinski definition) is 0. The maximum Gasteiger partial charge on any atom is 0.267 e. The molecule has 33 heavy (non-hydrogen) atoms. The normalized spacial score (nSPS) is 17.5. The highest BCUT2D eigenvalue weighted by Crippen LogP contribution is 2.31. The number of benzene rings is 2. The first-order valence-electron chi connectivity index (χ1n) is 11.2. The molecule has 1 amide bonds. The first-order chi connectivity index (χ1) is 16.2. The second-order valence-electron chi connectivity index (χ2n) is 7.90. The summed E-state index contributed by atoms with van der Waals surface area (Å²) >= 11 is 0. The Hall–Kier alpha value is -3.81. The van der Waals surface area contributed by atoms with Gasteiger partial charge in [-0.15, -0.1) is 0 Å². The van der Waals surface area contributed by atoms with Crippen LogP contribution < -0.4 is 19.1 Å². The molecule has 1 atom stereocenters. The van der Waals surface area contributed by atoms with E-state index in [0.717, 1.165) is 22.8 Å². The summed E-state index contributed by atoms with van der Waals surface area (Å²) in [7, 11) is 0. The maximum atomic E-state index is 13.0.